The maximum Gasteiger partial charge on any atom is 0.106 e. The van der Waals surface area contributed by atoms with E-state index in [4.69, 9.17) is 16.6 Å². The summed E-state index contributed by atoms with van der Waals surface area (Å²) in [7, 11) is 0. The topological polar surface area (TPSA) is 21.1 Å². The minimum atomic E-state index is 0.734. The number of fused-ring (bicyclic) bond motifs is 1. The highest BCUT2D eigenvalue weighted by atomic mass is 35.5. The van der Waals surface area contributed by atoms with Crippen molar-refractivity contribution in [1.82, 2.24) is 14.5 Å². The maximum atomic E-state index is 5.97. The Morgan fingerprint density at radius 3 is 2.52 bits per heavy atom. The number of likely N-dealkylation sites (tertiary alicyclic amines) is 1. The highest BCUT2D eigenvalue weighted by Gasteiger charge is 2.21. The first-order chi connectivity index (χ1) is 12.2. The van der Waals surface area contributed by atoms with E-state index >= 15 is 0 Å². The second kappa shape index (κ2) is 7.19. The van der Waals surface area contributed by atoms with E-state index in [9.17, 15) is 0 Å². The van der Waals surface area contributed by atoms with Crippen molar-refractivity contribution in [1.29, 1.82) is 0 Å². The number of hydrogen-bond donors (Lipinski definition) is 0. The van der Waals surface area contributed by atoms with E-state index in [1.165, 1.54) is 37.0 Å². The summed E-state index contributed by atoms with van der Waals surface area (Å²) in [6, 6.07) is 16.7. The summed E-state index contributed by atoms with van der Waals surface area (Å²) in [6.45, 7) is 6.56. The SMILES string of the molecule is Cc1nc2ccccc2n1CC1CCN(Cc2ccc(Cl)cc2)CC1. The van der Waals surface area contributed by atoms with Crippen LogP contribution in [0.2, 0.25) is 5.02 Å². The predicted molar refractivity (Wildman–Crippen MR) is 104 cm³/mol. The highest BCUT2D eigenvalue weighted by molar-refractivity contribution is 6.30. The van der Waals surface area contributed by atoms with Crippen molar-refractivity contribution in [3.8, 4) is 0 Å². The van der Waals surface area contributed by atoms with Crippen LogP contribution in [-0.2, 0) is 13.1 Å². The fourth-order valence-electron chi connectivity index (χ4n) is 3.86. The van der Waals surface area contributed by atoms with Gasteiger partial charge >= 0.3 is 0 Å². The van der Waals surface area contributed by atoms with Gasteiger partial charge in [0.25, 0.3) is 0 Å². The summed E-state index contributed by atoms with van der Waals surface area (Å²) in [5, 5.41) is 0.811. The van der Waals surface area contributed by atoms with Gasteiger partial charge in [-0.2, -0.15) is 0 Å². The molecular weight excluding hydrogens is 330 g/mol. The molecule has 0 radical (unpaired) electrons. The van der Waals surface area contributed by atoms with Crippen LogP contribution in [0.3, 0.4) is 0 Å². The van der Waals surface area contributed by atoms with E-state index in [-0.39, 0.29) is 0 Å². The number of aromatic nitrogens is 2. The molecule has 0 spiro atoms. The molecule has 1 saturated heterocycles. The number of para-hydroxylation sites is 2. The average molecular weight is 354 g/mol. The summed E-state index contributed by atoms with van der Waals surface area (Å²) in [4.78, 5) is 7.25. The van der Waals surface area contributed by atoms with Gasteiger partial charge in [0.2, 0.25) is 0 Å². The molecular formula is C21H24ClN3. The summed E-state index contributed by atoms with van der Waals surface area (Å²) >= 11 is 5.97. The standard InChI is InChI=1S/C21H24ClN3/c1-16-23-20-4-2-3-5-21(20)25(16)15-18-10-12-24(13-11-18)14-17-6-8-19(22)9-7-17/h2-9,18H,10-15H2,1H3. The number of imidazole rings is 1. The van der Waals surface area contributed by atoms with Gasteiger partial charge in [-0.15, -0.1) is 0 Å². The van der Waals surface area contributed by atoms with Crippen molar-refractivity contribution in [2.75, 3.05) is 13.1 Å². The summed E-state index contributed by atoms with van der Waals surface area (Å²) < 4.78 is 2.40. The van der Waals surface area contributed by atoms with Crippen LogP contribution < -0.4 is 0 Å². The molecule has 2 heterocycles. The molecule has 3 nitrogen and oxygen atoms in total. The number of halogens is 1. The lowest BCUT2D eigenvalue weighted by Crippen LogP contribution is -2.34. The van der Waals surface area contributed by atoms with Gasteiger partial charge in [-0.25, -0.2) is 4.98 Å². The van der Waals surface area contributed by atoms with Crippen LogP contribution in [0.1, 0.15) is 24.2 Å². The van der Waals surface area contributed by atoms with Crippen LogP contribution >= 0.6 is 11.6 Å². The van der Waals surface area contributed by atoms with Crippen LogP contribution in [0.5, 0.6) is 0 Å². The summed E-state index contributed by atoms with van der Waals surface area (Å²) in [5.74, 6) is 1.86. The van der Waals surface area contributed by atoms with Crippen molar-refractivity contribution in [2.24, 2.45) is 5.92 Å². The molecule has 4 rings (SSSR count). The first-order valence-electron chi connectivity index (χ1n) is 9.08. The molecule has 2 aromatic carbocycles. The van der Waals surface area contributed by atoms with E-state index in [0.717, 1.165) is 35.4 Å². The maximum absolute atomic E-state index is 5.97. The molecule has 1 fully saturated rings. The molecule has 1 aliphatic heterocycles. The fourth-order valence-corrected chi connectivity index (χ4v) is 3.99. The van der Waals surface area contributed by atoms with Gasteiger partial charge in [0, 0.05) is 18.1 Å². The smallest absolute Gasteiger partial charge is 0.106 e. The zero-order chi connectivity index (χ0) is 17.2. The van der Waals surface area contributed by atoms with Gasteiger partial charge in [0.15, 0.2) is 0 Å². The van der Waals surface area contributed by atoms with Gasteiger partial charge in [-0.05, 0) is 68.6 Å². The third-order valence-corrected chi connectivity index (χ3v) is 5.56. The lowest BCUT2D eigenvalue weighted by Gasteiger charge is -2.32. The first kappa shape index (κ1) is 16.6. The molecule has 0 unspecified atom stereocenters. The third-order valence-electron chi connectivity index (χ3n) is 5.31. The molecule has 0 amide bonds. The molecule has 0 bridgehead atoms. The zero-order valence-corrected chi connectivity index (χ0v) is 15.4. The molecule has 1 aliphatic rings. The van der Waals surface area contributed by atoms with E-state index in [1.807, 2.05) is 12.1 Å². The van der Waals surface area contributed by atoms with E-state index in [0.29, 0.717) is 0 Å². The second-order valence-electron chi connectivity index (χ2n) is 7.10. The Bertz CT molecular complexity index is 845. The number of benzene rings is 2. The van der Waals surface area contributed by atoms with Crippen molar-refractivity contribution in [2.45, 2.75) is 32.9 Å². The number of rotatable bonds is 4. The van der Waals surface area contributed by atoms with Crippen LogP contribution in [-0.4, -0.2) is 27.5 Å². The fraction of sp³-hybridized carbons (Fsp3) is 0.381. The van der Waals surface area contributed by atoms with E-state index in [1.54, 1.807) is 0 Å². The van der Waals surface area contributed by atoms with Crippen molar-refractivity contribution in [3.63, 3.8) is 0 Å². The quantitative estimate of drug-likeness (QED) is 0.664. The molecule has 25 heavy (non-hydrogen) atoms. The second-order valence-corrected chi connectivity index (χ2v) is 7.54. The Balaban J connectivity index is 1.37. The molecule has 3 aromatic rings. The normalized spacial score (nSPS) is 16.6. The zero-order valence-electron chi connectivity index (χ0n) is 14.7. The van der Waals surface area contributed by atoms with Crippen molar-refractivity contribution < 1.29 is 0 Å². The molecule has 4 heteroatoms. The number of piperidine rings is 1. The number of hydrogen-bond acceptors (Lipinski definition) is 2. The Morgan fingerprint density at radius 2 is 1.76 bits per heavy atom. The largest absolute Gasteiger partial charge is 0.328 e. The molecule has 0 aliphatic carbocycles. The summed E-state index contributed by atoms with van der Waals surface area (Å²) in [6.07, 6.45) is 2.50. The van der Waals surface area contributed by atoms with E-state index < -0.39 is 0 Å². The number of nitrogens with zero attached hydrogens (tertiary/aromatic N) is 3. The van der Waals surface area contributed by atoms with Gasteiger partial charge in [-0.1, -0.05) is 35.9 Å². The van der Waals surface area contributed by atoms with Crippen LogP contribution in [0.15, 0.2) is 48.5 Å². The monoisotopic (exact) mass is 353 g/mol. The van der Waals surface area contributed by atoms with Crippen molar-refractivity contribution in [3.05, 3.63) is 64.9 Å². The highest BCUT2D eigenvalue weighted by Crippen LogP contribution is 2.24. The third kappa shape index (κ3) is 3.73. The predicted octanol–water partition coefficient (Wildman–Crippen LogP) is 4.91. The Morgan fingerprint density at radius 1 is 1.04 bits per heavy atom. The molecule has 130 valence electrons. The Hall–Kier alpha value is -1.84. The van der Waals surface area contributed by atoms with Gasteiger partial charge in [0.1, 0.15) is 5.82 Å². The number of aryl methyl sites for hydroxylation is 1. The van der Waals surface area contributed by atoms with Gasteiger partial charge < -0.3 is 4.57 Å². The Labute approximate surface area is 154 Å². The van der Waals surface area contributed by atoms with Crippen LogP contribution in [0.4, 0.5) is 0 Å². The minimum Gasteiger partial charge on any atom is -0.328 e. The molecule has 1 aromatic heterocycles. The van der Waals surface area contributed by atoms with Gasteiger partial charge in [0.05, 0.1) is 11.0 Å². The Kier molecular flexibility index (Phi) is 4.78. The van der Waals surface area contributed by atoms with Crippen LogP contribution in [0.25, 0.3) is 11.0 Å². The van der Waals surface area contributed by atoms with Gasteiger partial charge in [-0.3, -0.25) is 4.90 Å². The lowest BCUT2D eigenvalue weighted by atomic mass is 9.96. The van der Waals surface area contributed by atoms with Crippen molar-refractivity contribution >= 4 is 22.6 Å². The van der Waals surface area contributed by atoms with E-state index in [2.05, 4.69) is 52.8 Å². The first-order valence-corrected chi connectivity index (χ1v) is 9.45. The molecule has 0 atom stereocenters. The molecule has 0 N–H and O–H groups in total. The molecule has 0 saturated carbocycles. The summed E-state index contributed by atoms with van der Waals surface area (Å²) in [5.41, 5.74) is 3.73. The average Bonchev–Trinajstić information content (AvgIpc) is 2.94. The van der Waals surface area contributed by atoms with Crippen LogP contribution in [0, 0.1) is 12.8 Å². The minimum absolute atomic E-state index is 0.734. The lowest BCUT2D eigenvalue weighted by molar-refractivity contribution is 0.167.